The van der Waals surface area contributed by atoms with Crippen LogP contribution in [-0.2, 0) is 4.79 Å². The maximum absolute atomic E-state index is 11.2. The second kappa shape index (κ2) is 5.13. The van der Waals surface area contributed by atoms with Crippen LogP contribution in [0.25, 0.3) is 0 Å². The van der Waals surface area contributed by atoms with E-state index >= 15 is 0 Å². The number of rotatable bonds is 4. The van der Waals surface area contributed by atoms with E-state index in [1.54, 1.807) is 0 Å². The third-order valence-corrected chi connectivity index (χ3v) is 2.44. The van der Waals surface area contributed by atoms with Crippen molar-refractivity contribution in [1.29, 1.82) is 0 Å². The number of allylic oxidation sites excluding steroid dienone is 2. The monoisotopic (exact) mass is 166 g/mol. The molecule has 0 aliphatic heterocycles. The molecule has 1 fully saturated rings. The van der Waals surface area contributed by atoms with Gasteiger partial charge in [0.1, 0.15) is 5.78 Å². The van der Waals surface area contributed by atoms with Gasteiger partial charge >= 0.3 is 0 Å². The van der Waals surface area contributed by atoms with E-state index in [1.165, 1.54) is 12.8 Å². The van der Waals surface area contributed by atoms with Crippen LogP contribution < -0.4 is 0 Å². The molecular formula is C11H18O. The number of hydrogen-bond donors (Lipinski definition) is 0. The first-order valence-corrected chi connectivity index (χ1v) is 5.04. The fraction of sp³-hybridized carbons (Fsp3) is 0.727. The maximum Gasteiger partial charge on any atom is 0.139 e. The van der Waals surface area contributed by atoms with E-state index in [0.717, 1.165) is 25.7 Å². The summed E-state index contributed by atoms with van der Waals surface area (Å²) in [5, 5.41) is 0. The Morgan fingerprint density at radius 2 is 2.42 bits per heavy atom. The van der Waals surface area contributed by atoms with Crippen LogP contribution >= 0.6 is 0 Å². The smallest absolute Gasteiger partial charge is 0.139 e. The van der Waals surface area contributed by atoms with Crippen molar-refractivity contribution in [3.05, 3.63) is 12.2 Å². The molecule has 0 radical (unpaired) electrons. The maximum atomic E-state index is 11.2. The van der Waals surface area contributed by atoms with E-state index in [9.17, 15) is 4.79 Å². The van der Waals surface area contributed by atoms with Crippen molar-refractivity contribution in [3.8, 4) is 0 Å². The minimum Gasteiger partial charge on any atom is -0.299 e. The molecule has 12 heavy (non-hydrogen) atoms. The van der Waals surface area contributed by atoms with Crippen molar-refractivity contribution >= 4 is 5.78 Å². The summed E-state index contributed by atoms with van der Waals surface area (Å²) in [6.45, 7) is 2.19. The molecule has 0 bridgehead atoms. The molecule has 0 saturated heterocycles. The van der Waals surface area contributed by atoms with Crippen LogP contribution in [0, 0.1) is 5.92 Å². The second-order valence-corrected chi connectivity index (χ2v) is 3.54. The molecule has 68 valence electrons. The normalized spacial score (nSPS) is 24.1. The van der Waals surface area contributed by atoms with Gasteiger partial charge in [0.2, 0.25) is 0 Å². The highest BCUT2D eigenvalue weighted by atomic mass is 16.1. The molecule has 1 aliphatic carbocycles. The Balaban J connectivity index is 2.20. The van der Waals surface area contributed by atoms with E-state index in [-0.39, 0.29) is 5.92 Å². The number of hydrogen-bond acceptors (Lipinski definition) is 1. The van der Waals surface area contributed by atoms with E-state index in [1.807, 2.05) is 0 Å². The van der Waals surface area contributed by atoms with Gasteiger partial charge in [-0.3, -0.25) is 4.79 Å². The Bertz CT molecular complexity index is 170. The van der Waals surface area contributed by atoms with Crippen molar-refractivity contribution in [2.45, 2.75) is 45.4 Å². The zero-order chi connectivity index (χ0) is 8.81. The summed E-state index contributed by atoms with van der Waals surface area (Å²) in [5.74, 6) is 0.713. The highest BCUT2D eigenvalue weighted by Gasteiger charge is 2.20. The van der Waals surface area contributed by atoms with Gasteiger partial charge in [0.05, 0.1) is 0 Å². The van der Waals surface area contributed by atoms with Gasteiger partial charge in [-0.2, -0.15) is 0 Å². The number of Topliss-reactive ketones (excluding diaryl/α,β-unsaturated/α-hetero) is 1. The number of unbranched alkanes of at least 4 members (excludes halogenated alkanes) is 2. The third kappa shape index (κ3) is 2.80. The van der Waals surface area contributed by atoms with E-state index in [0.29, 0.717) is 5.78 Å². The molecule has 0 heterocycles. The first kappa shape index (κ1) is 9.50. The number of carbonyl (C=O) groups excluding carboxylic acids is 1. The molecule has 1 aliphatic rings. The fourth-order valence-corrected chi connectivity index (χ4v) is 1.63. The van der Waals surface area contributed by atoms with Crippen molar-refractivity contribution in [3.63, 3.8) is 0 Å². The second-order valence-electron chi connectivity index (χ2n) is 3.54. The molecule has 0 N–H and O–H groups in total. The van der Waals surface area contributed by atoms with Gasteiger partial charge in [0.25, 0.3) is 0 Å². The molecule has 1 rings (SSSR count). The quantitative estimate of drug-likeness (QED) is 0.463. The van der Waals surface area contributed by atoms with Crippen molar-refractivity contribution in [2.75, 3.05) is 0 Å². The first-order valence-electron chi connectivity index (χ1n) is 5.04. The third-order valence-electron chi connectivity index (χ3n) is 2.44. The molecule has 1 saturated carbocycles. The molecule has 1 nitrogen and oxygen atoms in total. The molecule has 0 spiro atoms. The lowest BCUT2D eigenvalue weighted by Gasteiger charge is -1.98. The van der Waals surface area contributed by atoms with E-state index in [4.69, 9.17) is 0 Å². The predicted molar refractivity (Wildman–Crippen MR) is 51.0 cm³/mol. The minimum absolute atomic E-state index is 0.266. The molecule has 1 unspecified atom stereocenters. The summed E-state index contributed by atoms with van der Waals surface area (Å²) < 4.78 is 0. The Morgan fingerprint density at radius 1 is 1.58 bits per heavy atom. The van der Waals surface area contributed by atoms with Crippen LogP contribution in [0.4, 0.5) is 0 Å². The molecular weight excluding hydrogens is 148 g/mol. The Kier molecular flexibility index (Phi) is 4.06. The van der Waals surface area contributed by atoms with E-state index < -0.39 is 0 Å². The van der Waals surface area contributed by atoms with Gasteiger partial charge in [-0.05, 0) is 19.3 Å². The topological polar surface area (TPSA) is 17.1 Å². The van der Waals surface area contributed by atoms with Crippen LogP contribution in [0.15, 0.2) is 12.2 Å². The lowest BCUT2D eigenvalue weighted by atomic mass is 10.1. The predicted octanol–water partition coefficient (Wildman–Crippen LogP) is 3.10. The van der Waals surface area contributed by atoms with Gasteiger partial charge in [0.15, 0.2) is 0 Å². The van der Waals surface area contributed by atoms with Crippen LogP contribution in [0.2, 0.25) is 0 Å². The van der Waals surface area contributed by atoms with Crippen LogP contribution in [-0.4, -0.2) is 5.78 Å². The lowest BCUT2D eigenvalue weighted by molar-refractivity contribution is -0.119. The van der Waals surface area contributed by atoms with Crippen LogP contribution in [0.3, 0.4) is 0 Å². The summed E-state index contributed by atoms with van der Waals surface area (Å²) >= 11 is 0. The van der Waals surface area contributed by atoms with Gasteiger partial charge in [-0.15, -0.1) is 0 Å². The molecule has 1 heteroatoms. The van der Waals surface area contributed by atoms with E-state index in [2.05, 4.69) is 19.1 Å². The average molecular weight is 166 g/mol. The molecule has 1 atom stereocenters. The zero-order valence-electron chi connectivity index (χ0n) is 7.88. The summed E-state index contributed by atoms with van der Waals surface area (Å²) in [7, 11) is 0. The van der Waals surface area contributed by atoms with Crippen LogP contribution in [0.1, 0.15) is 45.4 Å². The Labute approximate surface area is 74.9 Å². The number of carbonyl (C=O) groups is 1. The highest BCUT2D eigenvalue weighted by molar-refractivity contribution is 5.84. The van der Waals surface area contributed by atoms with Gasteiger partial charge < -0.3 is 0 Å². The standard InChI is InChI=1S/C11H18O/c1-2-3-4-5-7-10-8-6-9-11(10)12/h5,7,10H,2-4,6,8-9H2,1H3. The van der Waals surface area contributed by atoms with Crippen LogP contribution in [0.5, 0.6) is 0 Å². The summed E-state index contributed by atoms with van der Waals surface area (Å²) in [4.78, 5) is 11.2. The van der Waals surface area contributed by atoms with Crippen molar-refractivity contribution in [2.24, 2.45) is 5.92 Å². The Morgan fingerprint density at radius 3 is 3.00 bits per heavy atom. The molecule has 0 aromatic heterocycles. The molecule has 0 aromatic rings. The van der Waals surface area contributed by atoms with Gasteiger partial charge in [0, 0.05) is 12.3 Å². The fourth-order valence-electron chi connectivity index (χ4n) is 1.63. The Hall–Kier alpha value is -0.590. The van der Waals surface area contributed by atoms with Crippen molar-refractivity contribution < 1.29 is 4.79 Å². The average Bonchev–Trinajstić information content (AvgIpc) is 2.46. The number of ketones is 1. The molecule has 0 amide bonds. The van der Waals surface area contributed by atoms with Crippen molar-refractivity contribution in [1.82, 2.24) is 0 Å². The first-order chi connectivity index (χ1) is 5.84. The van der Waals surface area contributed by atoms with Gasteiger partial charge in [-0.1, -0.05) is 31.9 Å². The summed E-state index contributed by atoms with van der Waals surface area (Å²) in [6.07, 6.45) is 10.9. The van der Waals surface area contributed by atoms with Gasteiger partial charge in [-0.25, -0.2) is 0 Å². The summed E-state index contributed by atoms with van der Waals surface area (Å²) in [6, 6.07) is 0. The lowest BCUT2D eigenvalue weighted by Crippen LogP contribution is -2.01. The zero-order valence-corrected chi connectivity index (χ0v) is 7.88. The summed E-state index contributed by atoms with van der Waals surface area (Å²) in [5.41, 5.74) is 0. The SMILES string of the molecule is CCCCC=CC1CCCC1=O. The highest BCUT2D eigenvalue weighted by Crippen LogP contribution is 2.22. The minimum atomic E-state index is 0.266. The molecule has 0 aromatic carbocycles. The largest absolute Gasteiger partial charge is 0.299 e.